The Kier molecular flexibility index (Phi) is 6.97. The minimum atomic E-state index is -0.225. The molecule has 0 heterocycles. The molecule has 19 heavy (non-hydrogen) atoms. The molecule has 1 unspecified atom stereocenters. The van der Waals surface area contributed by atoms with Crippen LogP contribution < -0.4 is 10.1 Å². The Hall–Kier alpha value is -1.55. The normalized spacial score (nSPS) is 11.9. The predicted molar refractivity (Wildman–Crippen MR) is 75.3 cm³/mol. The van der Waals surface area contributed by atoms with Gasteiger partial charge < -0.3 is 14.8 Å². The van der Waals surface area contributed by atoms with Crippen LogP contribution in [0.15, 0.2) is 24.3 Å². The maximum Gasteiger partial charge on any atom is 0.319 e. The highest BCUT2D eigenvalue weighted by atomic mass is 16.5. The molecule has 0 aromatic heterocycles. The Labute approximate surface area is 115 Å². The van der Waals surface area contributed by atoms with Gasteiger partial charge in [-0.25, -0.2) is 0 Å². The molecule has 1 N–H and O–H groups in total. The Morgan fingerprint density at radius 3 is 2.53 bits per heavy atom. The summed E-state index contributed by atoms with van der Waals surface area (Å²) in [5.74, 6) is 0.653. The molecular formula is C15H23NO3. The van der Waals surface area contributed by atoms with Crippen molar-refractivity contribution in [2.45, 2.75) is 33.2 Å². The van der Waals surface area contributed by atoms with E-state index in [-0.39, 0.29) is 18.6 Å². The summed E-state index contributed by atoms with van der Waals surface area (Å²) in [6.07, 6.45) is 0.999. The number of benzene rings is 1. The van der Waals surface area contributed by atoms with Crippen molar-refractivity contribution in [2.24, 2.45) is 0 Å². The van der Waals surface area contributed by atoms with Crippen LogP contribution in [0.3, 0.4) is 0 Å². The summed E-state index contributed by atoms with van der Waals surface area (Å²) in [7, 11) is 0. The lowest BCUT2D eigenvalue weighted by Crippen LogP contribution is -2.27. The maximum absolute atomic E-state index is 11.2. The quantitative estimate of drug-likeness (QED) is 0.734. The second kappa shape index (κ2) is 8.53. The molecule has 0 aliphatic rings. The minimum Gasteiger partial charge on any atom is -0.494 e. The van der Waals surface area contributed by atoms with Crippen LogP contribution >= 0.6 is 0 Å². The third-order valence-corrected chi connectivity index (χ3v) is 2.71. The molecule has 0 spiro atoms. The van der Waals surface area contributed by atoms with Gasteiger partial charge in [-0.05, 0) is 38.0 Å². The van der Waals surface area contributed by atoms with E-state index in [4.69, 9.17) is 9.47 Å². The Morgan fingerprint density at radius 1 is 1.26 bits per heavy atom. The highest BCUT2D eigenvalue weighted by molar-refractivity contribution is 5.71. The first kappa shape index (κ1) is 15.5. The monoisotopic (exact) mass is 265 g/mol. The molecule has 106 valence electrons. The lowest BCUT2D eigenvalue weighted by molar-refractivity contribution is -0.142. The van der Waals surface area contributed by atoms with Crippen molar-refractivity contribution in [3.05, 3.63) is 29.8 Å². The van der Waals surface area contributed by atoms with Gasteiger partial charge in [0, 0.05) is 6.04 Å². The molecule has 4 nitrogen and oxygen atoms in total. The summed E-state index contributed by atoms with van der Waals surface area (Å²) in [5.41, 5.74) is 1.12. The molecule has 0 saturated heterocycles. The van der Waals surface area contributed by atoms with Crippen LogP contribution in [0, 0.1) is 0 Å². The predicted octanol–water partition coefficient (Wildman–Crippen LogP) is 2.69. The van der Waals surface area contributed by atoms with E-state index >= 15 is 0 Å². The molecule has 0 saturated carbocycles. The van der Waals surface area contributed by atoms with Crippen LogP contribution in [0.1, 0.15) is 38.8 Å². The number of carbonyl (C=O) groups excluding carboxylic acids is 1. The van der Waals surface area contributed by atoms with Gasteiger partial charge in [-0.2, -0.15) is 0 Å². The van der Waals surface area contributed by atoms with Crippen LogP contribution in [0.4, 0.5) is 0 Å². The smallest absolute Gasteiger partial charge is 0.319 e. The van der Waals surface area contributed by atoms with Crippen molar-refractivity contribution >= 4 is 5.97 Å². The topological polar surface area (TPSA) is 47.6 Å². The molecule has 1 rings (SSSR count). The second-order valence-corrected chi connectivity index (χ2v) is 4.33. The zero-order valence-corrected chi connectivity index (χ0v) is 11.9. The summed E-state index contributed by atoms with van der Waals surface area (Å²) in [4.78, 5) is 11.2. The number of rotatable bonds is 8. The zero-order valence-electron chi connectivity index (χ0n) is 11.9. The van der Waals surface area contributed by atoms with E-state index in [1.165, 1.54) is 0 Å². The fraction of sp³-hybridized carbons (Fsp3) is 0.533. The van der Waals surface area contributed by atoms with Gasteiger partial charge in [-0.1, -0.05) is 19.1 Å². The molecule has 1 atom stereocenters. The number of ether oxygens (including phenoxy) is 2. The van der Waals surface area contributed by atoms with Crippen molar-refractivity contribution in [2.75, 3.05) is 19.8 Å². The number of hydrogen-bond acceptors (Lipinski definition) is 4. The molecule has 0 aliphatic heterocycles. The first-order valence-corrected chi connectivity index (χ1v) is 6.79. The second-order valence-electron chi connectivity index (χ2n) is 4.33. The fourth-order valence-corrected chi connectivity index (χ4v) is 1.64. The number of hydrogen-bond donors (Lipinski definition) is 1. The SMILES string of the molecule is CCCOc1ccc(C(C)NCC(=O)OCC)cc1. The molecule has 0 amide bonds. The van der Waals surface area contributed by atoms with Crippen LogP contribution in [0.2, 0.25) is 0 Å². The average Bonchev–Trinajstić information content (AvgIpc) is 2.43. The number of esters is 1. The highest BCUT2D eigenvalue weighted by Gasteiger charge is 2.08. The number of carbonyl (C=O) groups is 1. The van der Waals surface area contributed by atoms with E-state index in [1.54, 1.807) is 6.92 Å². The molecule has 1 aromatic rings. The van der Waals surface area contributed by atoms with E-state index in [9.17, 15) is 4.79 Å². The molecule has 1 aromatic carbocycles. The van der Waals surface area contributed by atoms with Gasteiger partial charge in [0.2, 0.25) is 0 Å². The number of nitrogens with one attached hydrogen (secondary N) is 1. The molecule has 0 radical (unpaired) electrons. The van der Waals surface area contributed by atoms with Crippen LogP contribution in [0.5, 0.6) is 5.75 Å². The van der Waals surface area contributed by atoms with E-state index in [1.807, 2.05) is 31.2 Å². The first-order valence-electron chi connectivity index (χ1n) is 6.79. The Balaban J connectivity index is 2.43. The zero-order chi connectivity index (χ0) is 14.1. The maximum atomic E-state index is 11.2. The molecule has 0 aliphatic carbocycles. The van der Waals surface area contributed by atoms with Gasteiger partial charge in [0.15, 0.2) is 0 Å². The summed E-state index contributed by atoms with van der Waals surface area (Å²) in [5, 5.41) is 3.13. The lowest BCUT2D eigenvalue weighted by atomic mass is 10.1. The first-order chi connectivity index (χ1) is 9.17. The van der Waals surface area contributed by atoms with Crippen LogP contribution in [-0.4, -0.2) is 25.7 Å². The van der Waals surface area contributed by atoms with Crippen molar-refractivity contribution in [3.63, 3.8) is 0 Å². The van der Waals surface area contributed by atoms with E-state index in [0.717, 1.165) is 24.3 Å². The van der Waals surface area contributed by atoms with Gasteiger partial charge in [0.25, 0.3) is 0 Å². The third kappa shape index (κ3) is 5.75. The molecular weight excluding hydrogens is 242 g/mol. The lowest BCUT2D eigenvalue weighted by Gasteiger charge is -2.14. The molecule has 0 bridgehead atoms. The summed E-state index contributed by atoms with van der Waals surface area (Å²) in [6, 6.07) is 8.02. The summed E-state index contributed by atoms with van der Waals surface area (Å²) in [6.45, 7) is 7.27. The van der Waals surface area contributed by atoms with Gasteiger partial charge in [-0.15, -0.1) is 0 Å². The van der Waals surface area contributed by atoms with E-state index in [0.29, 0.717) is 6.61 Å². The summed E-state index contributed by atoms with van der Waals surface area (Å²) < 4.78 is 10.4. The van der Waals surface area contributed by atoms with Gasteiger partial charge in [0.05, 0.1) is 19.8 Å². The standard InChI is InChI=1S/C15H23NO3/c1-4-10-19-14-8-6-13(7-9-14)12(3)16-11-15(17)18-5-2/h6-9,12,16H,4-5,10-11H2,1-3H3. The largest absolute Gasteiger partial charge is 0.494 e. The molecule has 0 fully saturated rings. The Morgan fingerprint density at radius 2 is 1.95 bits per heavy atom. The third-order valence-electron chi connectivity index (χ3n) is 2.71. The molecule has 4 heteroatoms. The summed E-state index contributed by atoms with van der Waals surface area (Å²) >= 11 is 0. The van der Waals surface area contributed by atoms with Crippen molar-refractivity contribution in [1.82, 2.24) is 5.32 Å². The van der Waals surface area contributed by atoms with Crippen molar-refractivity contribution < 1.29 is 14.3 Å². The highest BCUT2D eigenvalue weighted by Crippen LogP contribution is 2.17. The van der Waals surface area contributed by atoms with Crippen LogP contribution in [0.25, 0.3) is 0 Å². The van der Waals surface area contributed by atoms with Gasteiger partial charge in [0.1, 0.15) is 5.75 Å². The van der Waals surface area contributed by atoms with Gasteiger partial charge in [-0.3, -0.25) is 4.79 Å². The van der Waals surface area contributed by atoms with Crippen molar-refractivity contribution in [1.29, 1.82) is 0 Å². The van der Waals surface area contributed by atoms with E-state index < -0.39 is 0 Å². The van der Waals surface area contributed by atoms with Crippen LogP contribution in [-0.2, 0) is 9.53 Å². The Bertz CT molecular complexity index is 375. The average molecular weight is 265 g/mol. The minimum absolute atomic E-state index is 0.102. The fourth-order valence-electron chi connectivity index (χ4n) is 1.64. The van der Waals surface area contributed by atoms with Gasteiger partial charge >= 0.3 is 5.97 Å². The van der Waals surface area contributed by atoms with Crippen molar-refractivity contribution in [3.8, 4) is 5.75 Å². The van der Waals surface area contributed by atoms with E-state index in [2.05, 4.69) is 12.2 Å².